The normalized spacial score (nSPS) is 10.4. The molecule has 2 rings (SSSR count). The molecule has 18 heavy (non-hydrogen) atoms. The lowest BCUT2D eigenvalue weighted by atomic mass is 10.2. The Bertz CT molecular complexity index is 603. The van der Waals surface area contributed by atoms with Crippen LogP contribution >= 0.6 is 55.1 Å². The maximum absolute atomic E-state index is 6.17. The van der Waals surface area contributed by atoms with Gasteiger partial charge in [0.05, 0.1) is 21.4 Å². The van der Waals surface area contributed by atoms with Crippen LogP contribution in [0.2, 0.25) is 10.0 Å². The maximum Gasteiger partial charge on any atom is 0.0838 e. The Hall–Kier alpha value is -0.420. The van der Waals surface area contributed by atoms with Crippen molar-refractivity contribution in [3.8, 4) is 0 Å². The molecule has 0 aliphatic carbocycles. The summed E-state index contributed by atoms with van der Waals surface area (Å²) in [5.41, 5.74) is 7.97. The lowest BCUT2D eigenvalue weighted by Gasteiger charge is -2.12. The van der Waals surface area contributed by atoms with Crippen LogP contribution in [0.15, 0.2) is 39.3 Å². The third-order valence-electron chi connectivity index (χ3n) is 2.30. The maximum atomic E-state index is 6.17. The number of hydrogen-bond donors (Lipinski definition) is 2. The molecule has 0 fully saturated rings. The van der Waals surface area contributed by atoms with E-state index in [1.165, 1.54) is 0 Å². The van der Waals surface area contributed by atoms with Gasteiger partial charge in [0.1, 0.15) is 0 Å². The van der Waals surface area contributed by atoms with Gasteiger partial charge in [0.2, 0.25) is 0 Å². The van der Waals surface area contributed by atoms with Crippen molar-refractivity contribution in [1.29, 1.82) is 0 Å². The molecule has 0 atom stereocenters. The Balaban J connectivity index is 2.37. The highest BCUT2D eigenvalue weighted by Gasteiger charge is 2.09. The first-order valence-corrected chi connectivity index (χ1v) is 7.29. The Kier molecular flexibility index (Phi) is 4.43. The van der Waals surface area contributed by atoms with E-state index in [0.29, 0.717) is 15.7 Å². The van der Waals surface area contributed by atoms with Crippen LogP contribution in [-0.2, 0) is 0 Å². The van der Waals surface area contributed by atoms with Crippen molar-refractivity contribution in [1.82, 2.24) is 0 Å². The fourth-order valence-electron chi connectivity index (χ4n) is 1.40. The van der Waals surface area contributed by atoms with Gasteiger partial charge in [-0.15, -0.1) is 0 Å². The number of benzene rings is 2. The van der Waals surface area contributed by atoms with Crippen LogP contribution in [0.25, 0.3) is 0 Å². The van der Waals surface area contributed by atoms with Gasteiger partial charge in [0.15, 0.2) is 0 Å². The highest BCUT2D eigenvalue weighted by atomic mass is 79.9. The largest absolute Gasteiger partial charge is 0.399 e. The third kappa shape index (κ3) is 2.94. The molecular formula is C12H8Br2Cl2N2. The van der Waals surface area contributed by atoms with Gasteiger partial charge >= 0.3 is 0 Å². The molecule has 0 aliphatic heterocycles. The molecule has 0 radical (unpaired) electrons. The van der Waals surface area contributed by atoms with Crippen molar-refractivity contribution in [2.24, 2.45) is 0 Å². The summed E-state index contributed by atoms with van der Waals surface area (Å²) in [6, 6.07) is 9.17. The minimum atomic E-state index is 0.467. The van der Waals surface area contributed by atoms with Crippen LogP contribution < -0.4 is 11.1 Å². The molecule has 0 saturated heterocycles. The van der Waals surface area contributed by atoms with Crippen LogP contribution in [0.4, 0.5) is 17.1 Å². The lowest BCUT2D eigenvalue weighted by molar-refractivity contribution is 1.51. The molecule has 0 aromatic heterocycles. The zero-order valence-electron chi connectivity index (χ0n) is 8.98. The summed E-state index contributed by atoms with van der Waals surface area (Å²) in [5.74, 6) is 0. The Morgan fingerprint density at radius 3 is 2.22 bits per heavy atom. The van der Waals surface area contributed by atoms with E-state index < -0.39 is 0 Å². The van der Waals surface area contributed by atoms with Gasteiger partial charge in [-0.05, 0) is 62.2 Å². The fourth-order valence-corrected chi connectivity index (χ4v) is 2.72. The highest BCUT2D eigenvalue weighted by molar-refractivity contribution is 9.11. The van der Waals surface area contributed by atoms with E-state index in [9.17, 15) is 0 Å². The lowest BCUT2D eigenvalue weighted by Crippen LogP contribution is -1.94. The molecule has 0 unspecified atom stereocenters. The number of nitrogen functional groups attached to an aromatic ring is 1. The number of nitrogens with one attached hydrogen (secondary N) is 1. The van der Waals surface area contributed by atoms with Gasteiger partial charge in [-0.3, -0.25) is 0 Å². The molecule has 0 spiro atoms. The zero-order valence-corrected chi connectivity index (χ0v) is 13.7. The number of hydrogen-bond acceptors (Lipinski definition) is 2. The third-order valence-corrected chi connectivity index (χ3v) is 4.72. The molecule has 6 heteroatoms. The molecule has 2 aromatic carbocycles. The minimum Gasteiger partial charge on any atom is -0.399 e. The summed E-state index contributed by atoms with van der Waals surface area (Å²) in [5, 5.41) is 4.14. The van der Waals surface area contributed by atoms with E-state index in [1.807, 2.05) is 30.3 Å². The molecule has 2 nitrogen and oxygen atoms in total. The summed E-state index contributed by atoms with van der Waals surface area (Å²) >= 11 is 19.0. The van der Waals surface area contributed by atoms with Crippen molar-refractivity contribution < 1.29 is 0 Å². The number of halogens is 4. The second kappa shape index (κ2) is 5.70. The Morgan fingerprint density at radius 2 is 1.56 bits per heavy atom. The van der Waals surface area contributed by atoms with Gasteiger partial charge in [-0.25, -0.2) is 0 Å². The molecule has 94 valence electrons. The summed E-state index contributed by atoms with van der Waals surface area (Å²) in [4.78, 5) is 0. The van der Waals surface area contributed by atoms with E-state index >= 15 is 0 Å². The standard InChI is InChI=1S/C12H8Br2Cl2N2/c13-7-2-4-10(12(16)11(7)15)18-9-3-1-6(17)5-8(9)14/h1-5,18H,17H2. The number of rotatable bonds is 2. The van der Waals surface area contributed by atoms with Crippen LogP contribution in [-0.4, -0.2) is 0 Å². The Labute approximate surface area is 132 Å². The molecule has 2 aromatic rings. The summed E-state index contributed by atoms with van der Waals surface area (Å²) in [6.07, 6.45) is 0. The number of nitrogens with two attached hydrogens (primary N) is 1. The van der Waals surface area contributed by atoms with Crippen LogP contribution in [0.5, 0.6) is 0 Å². The minimum absolute atomic E-state index is 0.467. The second-order valence-corrected chi connectivity index (χ2v) is 6.05. The summed E-state index contributed by atoms with van der Waals surface area (Å²) in [6.45, 7) is 0. The molecule has 0 saturated carbocycles. The monoisotopic (exact) mass is 408 g/mol. The van der Waals surface area contributed by atoms with Crippen molar-refractivity contribution in [2.75, 3.05) is 11.1 Å². The molecule has 0 heterocycles. The molecule has 0 bridgehead atoms. The van der Waals surface area contributed by atoms with Gasteiger partial charge in [-0.2, -0.15) is 0 Å². The SMILES string of the molecule is Nc1ccc(Nc2ccc(Br)c(Cl)c2Cl)c(Br)c1. The van der Waals surface area contributed by atoms with Crippen molar-refractivity contribution >= 4 is 72.1 Å². The van der Waals surface area contributed by atoms with Gasteiger partial charge < -0.3 is 11.1 Å². The zero-order chi connectivity index (χ0) is 13.3. The second-order valence-electron chi connectivity index (χ2n) is 3.59. The van der Waals surface area contributed by atoms with Gasteiger partial charge in [-0.1, -0.05) is 23.2 Å². The van der Waals surface area contributed by atoms with Crippen molar-refractivity contribution in [3.63, 3.8) is 0 Å². The summed E-state index contributed by atoms with van der Waals surface area (Å²) < 4.78 is 1.62. The van der Waals surface area contributed by atoms with Crippen molar-refractivity contribution in [3.05, 3.63) is 49.3 Å². The molecular weight excluding hydrogens is 403 g/mol. The predicted octanol–water partition coefficient (Wildman–Crippen LogP) is 5.84. The first-order chi connectivity index (χ1) is 8.49. The molecule has 0 amide bonds. The first kappa shape index (κ1) is 14.0. The molecule has 3 N–H and O–H groups in total. The number of anilines is 3. The first-order valence-electron chi connectivity index (χ1n) is 4.94. The smallest absolute Gasteiger partial charge is 0.0838 e. The summed E-state index contributed by atoms with van der Waals surface area (Å²) in [7, 11) is 0. The Morgan fingerprint density at radius 1 is 0.889 bits per heavy atom. The van der Waals surface area contributed by atoms with Crippen LogP contribution in [0, 0.1) is 0 Å². The quantitative estimate of drug-likeness (QED) is 0.481. The van der Waals surface area contributed by atoms with Gasteiger partial charge in [0.25, 0.3) is 0 Å². The van der Waals surface area contributed by atoms with E-state index in [1.54, 1.807) is 0 Å². The highest BCUT2D eigenvalue weighted by Crippen LogP contribution is 2.38. The van der Waals surface area contributed by atoms with Crippen molar-refractivity contribution in [2.45, 2.75) is 0 Å². The van der Waals surface area contributed by atoms with Crippen LogP contribution in [0.3, 0.4) is 0 Å². The average Bonchev–Trinajstić information content (AvgIpc) is 2.33. The van der Waals surface area contributed by atoms with E-state index in [4.69, 9.17) is 28.9 Å². The van der Waals surface area contributed by atoms with E-state index in [2.05, 4.69) is 37.2 Å². The van der Waals surface area contributed by atoms with E-state index in [-0.39, 0.29) is 0 Å². The van der Waals surface area contributed by atoms with Crippen LogP contribution in [0.1, 0.15) is 0 Å². The average molecular weight is 411 g/mol. The van der Waals surface area contributed by atoms with E-state index in [0.717, 1.165) is 20.3 Å². The molecule has 0 aliphatic rings. The predicted molar refractivity (Wildman–Crippen MR) is 86.0 cm³/mol. The topological polar surface area (TPSA) is 38.0 Å². The fraction of sp³-hybridized carbons (Fsp3) is 0. The van der Waals surface area contributed by atoms with Gasteiger partial charge in [0, 0.05) is 14.6 Å².